The number of ether oxygens (including phenoxy) is 2. The lowest BCUT2D eigenvalue weighted by molar-refractivity contribution is 0.0475. The van der Waals surface area contributed by atoms with Crippen molar-refractivity contribution in [2.75, 3.05) is 0 Å². The van der Waals surface area contributed by atoms with E-state index in [4.69, 9.17) is 14.5 Å². The molecule has 0 aliphatic heterocycles. The van der Waals surface area contributed by atoms with Crippen LogP contribution in [0.1, 0.15) is 104 Å². The monoisotopic (exact) mass is 626 g/mol. The van der Waals surface area contributed by atoms with Crippen molar-refractivity contribution in [2.24, 2.45) is 11.8 Å². The van der Waals surface area contributed by atoms with Crippen LogP contribution >= 0.6 is 0 Å². The zero-order chi connectivity index (χ0) is 33.8. The minimum Gasteiger partial charge on any atom is -0.444 e. The van der Waals surface area contributed by atoms with Gasteiger partial charge in [0.2, 0.25) is 0 Å². The molecule has 0 radical (unpaired) electrons. The average molecular weight is 627 g/mol. The van der Waals surface area contributed by atoms with Gasteiger partial charge < -0.3 is 30.1 Å². The Labute approximate surface area is 271 Å². The molecular weight excluding hydrogens is 580 g/mol. The predicted molar refractivity (Wildman–Crippen MR) is 180 cm³/mol. The molecule has 10 nitrogen and oxygen atoms in total. The second-order valence-electron chi connectivity index (χ2n) is 14.1. The molecule has 0 saturated carbocycles. The van der Waals surface area contributed by atoms with Crippen LogP contribution in [-0.2, 0) is 9.47 Å². The predicted octanol–water partition coefficient (Wildman–Crippen LogP) is 7.80. The molecule has 46 heavy (non-hydrogen) atoms. The first kappa shape index (κ1) is 34.1. The summed E-state index contributed by atoms with van der Waals surface area (Å²) >= 11 is 0. The SMILES string of the molecule is CC(C)[C@H](NC(=O)OC(C)(C)C)c1ncc(-c2ccc(C#Cc3ccc4nc([C@@H](NC(=O)OC(C)(C)C)C(C)C)[nH]c4c3)cc2)[nH]1. The number of imidazole rings is 2. The zero-order valence-electron chi connectivity index (χ0n) is 28.5. The molecule has 0 fully saturated rings. The Morgan fingerprint density at radius 1 is 0.739 bits per heavy atom. The summed E-state index contributed by atoms with van der Waals surface area (Å²) in [6, 6.07) is 13.1. The second kappa shape index (κ2) is 13.7. The standard InChI is InChI=1S/C36H46N6O4/c1-21(2)29(41-33(43)45-35(5,6)7)31-37-20-28(40-31)25-16-13-23(14-17-25)11-12-24-15-18-26-27(19-24)39-32(38-26)30(22(3)4)42-34(44)46-36(8,9)10/h13-22,29-30H,1-10H3,(H,37,40)(H,38,39)(H,41,43)(H,42,44)/t29-,30-/m0/s1. The Kier molecular flexibility index (Phi) is 10.1. The summed E-state index contributed by atoms with van der Waals surface area (Å²) in [6.45, 7) is 19.1. The number of nitrogens with zero attached hydrogens (tertiary/aromatic N) is 2. The minimum absolute atomic E-state index is 0.0918. The van der Waals surface area contributed by atoms with E-state index in [9.17, 15) is 9.59 Å². The third-order valence-electron chi connectivity index (χ3n) is 6.91. The van der Waals surface area contributed by atoms with Gasteiger partial charge in [0.25, 0.3) is 0 Å². The van der Waals surface area contributed by atoms with E-state index in [-0.39, 0.29) is 23.9 Å². The summed E-state index contributed by atoms with van der Waals surface area (Å²) in [5.41, 5.74) is 3.95. The molecule has 2 heterocycles. The highest BCUT2D eigenvalue weighted by atomic mass is 16.6. The molecule has 0 aliphatic carbocycles. The molecule has 0 bridgehead atoms. The smallest absolute Gasteiger partial charge is 0.408 e. The number of rotatable bonds is 7. The van der Waals surface area contributed by atoms with Crippen LogP contribution in [0.25, 0.3) is 22.3 Å². The first-order valence-corrected chi connectivity index (χ1v) is 15.6. The maximum Gasteiger partial charge on any atom is 0.408 e. The number of amides is 2. The highest BCUT2D eigenvalue weighted by Gasteiger charge is 2.26. The van der Waals surface area contributed by atoms with Crippen LogP contribution in [-0.4, -0.2) is 43.3 Å². The lowest BCUT2D eigenvalue weighted by Gasteiger charge is -2.24. The summed E-state index contributed by atoms with van der Waals surface area (Å²) < 4.78 is 10.9. The minimum atomic E-state index is -0.588. The molecule has 4 N–H and O–H groups in total. The number of aromatic nitrogens is 4. The molecule has 10 heteroatoms. The molecule has 244 valence electrons. The number of H-pyrrole nitrogens is 2. The third kappa shape index (κ3) is 9.36. The van der Waals surface area contributed by atoms with E-state index in [0.29, 0.717) is 11.6 Å². The van der Waals surface area contributed by atoms with Crippen LogP contribution in [0, 0.1) is 23.7 Å². The van der Waals surface area contributed by atoms with Crippen LogP contribution < -0.4 is 10.6 Å². The van der Waals surface area contributed by atoms with Gasteiger partial charge in [-0.15, -0.1) is 0 Å². The van der Waals surface area contributed by atoms with Crippen molar-refractivity contribution in [2.45, 2.75) is 92.5 Å². The molecule has 0 saturated heterocycles. The number of hydrogen-bond acceptors (Lipinski definition) is 6. The highest BCUT2D eigenvalue weighted by molar-refractivity contribution is 5.77. The van der Waals surface area contributed by atoms with Crippen molar-refractivity contribution in [1.29, 1.82) is 0 Å². The van der Waals surface area contributed by atoms with Gasteiger partial charge in [-0.25, -0.2) is 19.6 Å². The first-order valence-electron chi connectivity index (χ1n) is 15.6. The molecule has 0 unspecified atom stereocenters. The molecule has 2 atom stereocenters. The number of fused-ring (bicyclic) bond motifs is 1. The Balaban J connectivity index is 1.46. The first-order chi connectivity index (χ1) is 21.5. The van der Waals surface area contributed by atoms with Crippen LogP contribution in [0.5, 0.6) is 0 Å². The summed E-state index contributed by atoms with van der Waals surface area (Å²) in [7, 11) is 0. The molecule has 0 spiro atoms. The van der Waals surface area contributed by atoms with E-state index in [0.717, 1.165) is 33.4 Å². The largest absolute Gasteiger partial charge is 0.444 e. The van der Waals surface area contributed by atoms with Gasteiger partial charge >= 0.3 is 12.2 Å². The lowest BCUT2D eigenvalue weighted by Crippen LogP contribution is -2.37. The number of alkyl carbamates (subject to hydrolysis) is 2. The Bertz CT molecular complexity index is 1730. The van der Waals surface area contributed by atoms with Crippen molar-refractivity contribution < 1.29 is 19.1 Å². The van der Waals surface area contributed by atoms with Gasteiger partial charge in [-0.05, 0) is 89.3 Å². The summed E-state index contributed by atoms with van der Waals surface area (Å²) in [5.74, 6) is 7.99. The molecule has 0 aliphatic rings. The Hall–Kier alpha value is -4.78. The van der Waals surface area contributed by atoms with E-state index < -0.39 is 23.4 Å². The van der Waals surface area contributed by atoms with Gasteiger partial charge in [-0.3, -0.25) is 0 Å². The molecular formula is C36H46N6O4. The second-order valence-corrected chi connectivity index (χ2v) is 14.1. The summed E-state index contributed by atoms with van der Waals surface area (Å²) in [4.78, 5) is 40.8. The van der Waals surface area contributed by atoms with Gasteiger partial charge in [0.15, 0.2) is 0 Å². The van der Waals surface area contributed by atoms with Gasteiger partial charge in [-0.2, -0.15) is 0 Å². The van der Waals surface area contributed by atoms with Crippen LogP contribution in [0.4, 0.5) is 9.59 Å². The number of hydrogen-bond donors (Lipinski definition) is 4. The normalized spacial score (nSPS) is 13.2. The van der Waals surface area contributed by atoms with Crippen molar-refractivity contribution >= 4 is 23.2 Å². The molecule has 4 rings (SSSR count). The van der Waals surface area contributed by atoms with Crippen LogP contribution in [0.2, 0.25) is 0 Å². The van der Waals surface area contributed by atoms with Gasteiger partial charge in [0, 0.05) is 11.1 Å². The fraction of sp³-hybridized carbons (Fsp3) is 0.444. The zero-order valence-corrected chi connectivity index (χ0v) is 28.5. The molecule has 4 aromatic rings. The van der Waals surface area contributed by atoms with E-state index in [1.807, 2.05) is 112 Å². The lowest BCUT2D eigenvalue weighted by atomic mass is 10.0. The van der Waals surface area contributed by atoms with E-state index in [1.54, 1.807) is 6.20 Å². The van der Waals surface area contributed by atoms with Crippen LogP contribution in [0.3, 0.4) is 0 Å². The third-order valence-corrected chi connectivity index (χ3v) is 6.91. The summed E-state index contributed by atoms with van der Waals surface area (Å²) in [6.07, 6.45) is 0.810. The van der Waals surface area contributed by atoms with Crippen molar-refractivity contribution in [3.63, 3.8) is 0 Å². The number of benzene rings is 2. The highest BCUT2D eigenvalue weighted by Crippen LogP contribution is 2.26. The topological polar surface area (TPSA) is 134 Å². The molecule has 2 amide bonds. The van der Waals surface area contributed by atoms with E-state index in [2.05, 4.69) is 37.4 Å². The van der Waals surface area contributed by atoms with Crippen molar-refractivity contribution in [1.82, 2.24) is 30.6 Å². The van der Waals surface area contributed by atoms with E-state index in [1.165, 1.54) is 0 Å². The summed E-state index contributed by atoms with van der Waals surface area (Å²) in [5, 5.41) is 5.87. The van der Waals surface area contributed by atoms with Crippen molar-refractivity contribution in [3.05, 3.63) is 71.4 Å². The van der Waals surface area contributed by atoms with Crippen LogP contribution in [0.15, 0.2) is 48.7 Å². The fourth-order valence-corrected chi connectivity index (χ4v) is 4.74. The Morgan fingerprint density at radius 3 is 1.80 bits per heavy atom. The maximum atomic E-state index is 12.4. The number of aromatic amines is 2. The van der Waals surface area contributed by atoms with Gasteiger partial charge in [0.05, 0.1) is 35.0 Å². The van der Waals surface area contributed by atoms with Gasteiger partial charge in [0.1, 0.15) is 22.9 Å². The van der Waals surface area contributed by atoms with Gasteiger partial charge in [-0.1, -0.05) is 51.7 Å². The maximum absolute atomic E-state index is 12.4. The molecule has 2 aromatic carbocycles. The molecule has 2 aromatic heterocycles. The quantitative estimate of drug-likeness (QED) is 0.155. The number of carbonyl (C=O) groups is 2. The Morgan fingerprint density at radius 2 is 1.26 bits per heavy atom. The average Bonchev–Trinajstić information content (AvgIpc) is 3.59. The number of nitrogens with one attached hydrogen (secondary N) is 4. The van der Waals surface area contributed by atoms with Crippen molar-refractivity contribution in [3.8, 4) is 23.1 Å². The fourth-order valence-electron chi connectivity index (χ4n) is 4.74. The number of carbonyl (C=O) groups excluding carboxylic acids is 2. The van der Waals surface area contributed by atoms with E-state index >= 15 is 0 Å².